The molecule has 0 fully saturated rings. The van der Waals surface area contributed by atoms with Gasteiger partial charge in [-0.1, -0.05) is 41.1 Å². The molecule has 0 saturated heterocycles. The SMILES string of the molecule is CCC(=O)NCCc1ccccc1Br. The zero-order chi connectivity index (χ0) is 10.4. The fraction of sp³-hybridized carbons (Fsp3) is 0.364. The maximum atomic E-state index is 11.0. The summed E-state index contributed by atoms with van der Waals surface area (Å²) in [6.07, 6.45) is 1.42. The van der Waals surface area contributed by atoms with Crippen LogP contribution in [0.4, 0.5) is 0 Å². The van der Waals surface area contributed by atoms with Crippen LogP contribution in [-0.4, -0.2) is 12.5 Å². The summed E-state index contributed by atoms with van der Waals surface area (Å²) < 4.78 is 1.10. The third-order valence-electron chi connectivity index (χ3n) is 2.00. The molecular weight excluding hydrogens is 242 g/mol. The summed E-state index contributed by atoms with van der Waals surface area (Å²) in [6, 6.07) is 8.05. The molecule has 0 unspecified atom stereocenters. The highest BCUT2D eigenvalue weighted by Crippen LogP contribution is 2.15. The zero-order valence-electron chi connectivity index (χ0n) is 8.22. The molecule has 3 heteroatoms. The van der Waals surface area contributed by atoms with Crippen LogP contribution < -0.4 is 5.32 Å². The molecule has 2 nitrogen and oxygen atoms in total. The zero-order valence-corrected chi connectivity index (χ0v) is 9.80. The number of benzene rings is 1. The molecule has 1 aromatic carbocycles. The minimum atomic E-state index is 0.108. The third kappa shape index (κ3) is 3.50. The first-order valence-electron chi connectivity index (χ1n) is 4.74. The van der Waals surface area contributed by atoms with E-state index in [0.717, 1.165) is 10.9 Å². The molecule has 0 aliphatic heterocycles. The van der Waals surface area contributed by atoms with E-state index in [4.69, 9.17) is 0 Å². The summed E-state index contributed by atoms with van der Waals surface area (Å²) in [7, 11) is 0. The van der Waals surface area contributed by atoms with Gasteiger partial charge in [0.25, 0.3) is 0 Å². The average Bonchev–Trinajstić information content (AvgIpc) is 2.20. The number of hydrogen-bond donors (Lipinski definition) is 1. The summed E-state index contributed by atoms with van der Waals surface area (Å²) >= 11 is 3.47. The first-order chi connectivity index (χ1) is 6.74. The lowest BCUT2D eigenvalue weighted by Gasteiger charge is -2.05. The normalized spacial score (nSPS) is 9.86. The Bertz CT molecular complexity index is 312. The molecular formula is C11H14BrNO. The number of rotatable bonds is 4. The second-order valence-corrected chi connectivity index (χ2v) is 3.90. The van der Waals surface area contributed by atoms with E-state index >= 15 is 0 Å². The van der Waals surface area contributed by atoms with Crippen molar-refractivity contribution >= 4 is 21.8 Å². The van der Waals surface area contributed by atoms with Crippen molar-refractivity contribution < 1.29 is 4.79 Å². The summed E-state index contributed by atoms with van der Waals surface area (Å²) in [4.78, 5) is 11.0. The standard InChI is InChI=1S/C11H14BrNO/c1-2-11(14)13-8-7-9-5-3-4-6-10(9)12/h3-6H,2,7-8H2,1H3,(H,13,14). The molecule has 0 aliphatic carbocycles. The molecule has 0 spiro atoms. The van der Waals surface area contributed by atoms with Crippen LogP contribution in [0.2, 0.25) is 0 Å². The lowest BCUT2D eigenvalue weighted by atomic mass is 10.1. The molecule has 0 radical (unpaired) electrons. The minimum Gasteiger partial charge on any atom is -0.356 e. The summed E-state index contributed by atoms with van der Waals surface area (Å²) in [6.45, 7) is 2.56. The lowest BCUT2D eigenvalue weighted by Crippen LogP contribution is -2.24. The maximum absolute atomic E-state index is 11.0. The number of hydrogen-bond acceptors (Lipinski definition) is 1. The number of halogens is 1. The van der Waals surface area contributed by atoms with Crippen LogP contribution in [0.3, 0.4) is 0 Å². The van der Waals surface area contributed by atoms with Crippen LogP contribution in [0.5, 0.6) is 0 Å². The van der Waals surface area contributed by atoms with Gasteiger partial charge in [0.1, 0.15) is 0 Å². The summed E-state index contributed by atoms with van der Waals surface area (Å²) in [5, 5.41) is 2.85. The molecule has 0 heterocycles. The van der Waals surface area contributed by atoms with Gasteiger partial charge in [-0.25, -0.2) is 0 Å². The molecule has 1 amide bonds. The number of carbonyl (C=O) groups is 1. The van der Waals surface area contributed by atoms with E-state index in [1.807, 2.05) is 25.1 Å². The van der Waals surface area contributed by atoms with E-state index in [9.17, 15) is 4.79 Å². The highest BCUT2D eigenvalue weighted by atomic mass is 79.9. The van der Waals surface area contributed by atoms with Crippen molar-refractivity contribution in [2.45, 2.75) is 19.8 Å². The van der Waals surface area contributed by atoms with Gasteiger partial charge < -0.3 is 5.32 Å². The van der Waals surface area contributed by atoms with Crippen molar-refractivity contribution in [3.05, 3.63) is 34.3 Å². The second-order valence-electron chi connectivity index (χ2n) is 3.04. The molecule has 0 bridgehead atoms. The van der Waals surface area contributed by atoms with Crippen LogP contribution in [0.25, 0.3) is 0 Å². The summed E-state index contributed by atoms with van der Waals surface area (Å²) in [5.74, 6) is 0.108. The van der Waals surface area contributed by atoms with E-state index in [0.29, 0.717) is 13.0 Å². The van der Waals surface area contributed by atoms with Gasteiger partial charge in [-0.2, -0.15) is 0 Å². The largest absolute Gasteiger partial charge is 0.356 e. The highest BCUT2D eigenvalue weighted by molar-refractivity contribution is 9.10. The van der Waals surface area contributed by atoms with Gasteiger partial charge in [0, 0.05) is 17.4 Å². The quantitative estimate of drug-likeness (QED) is 0.881. The van der Waals surface area contributed by atoms with Gasteiger partial charge >= 0.3 is 0 Å². The Labute approximate surface area is 92.8 Å². The van der Waals surface area contributed by atoms with Crippen LogP contribution >= 0.6 is 15.9 Å². The van der Waals surface area contributed by atoms with Gasteiger partial charge in [-0.3, -0.25) is 4.79 Å². The molecule has 1 N–H and O–H groups in total. The van der Waals surface area contributed by atoms with Gasteiger partial charge in [-0.15, -0.1) is 0 Å². The molecule has 0 aromatic heterocycles. The van der Waals surface area contributed by atoms with Crippen molar-refractivity contribution in [2.24, 2.45) is 0 Å². The van der Waals surface area contributed by atoms with Gasteiger partial charge in [0.2, 0.25) is 5.91 Å². The Hall–Kier alpha value is -0.830. The fourth-order valence-electron chi connectivity index (χ4n) is 1.16. The van der Waals surface area contributed by atoms with Crippen LogP contribution in [-0.2, 0) is 11.2 Å². The molecule has 0 saturated carbocycles. The smallest absolute Gasteiger partial charge is 0.219 e. The van der Waals surface area contributed by atoms with E-state index in [2.05, 4.69) is 27.3 Å². The molecule has 14 heavy (non-hydrogen) atoms. The Kier molecular flexibility index (Phi) is 4.66. The van der Waals surface area contributed by atoms with Crippen LogP contribution in [0, 0.1) is 0 Å². The van der Waals surface area contributed by atoms with E-state index in [1.165, 1.54) is 5.56 Å². The van der Waals surface area contributed by atoms with E-state index < -0.39 is 0 Å². The van der Waals surface area contributed by atoms with Crippen molar-refractivity contribution in [2.75, 3.05) is 6.54 Å². The van der Waals surface area contributed by atoms with E-state index in [1.54, 1.807) is 0 Å². The lowest BCUT2D eigenvalue weighted by molar-refractivity contribution is -0.120. The predicted octanol–water partition coefficient (Wildman–Crippen LogP) is 2.52. The molecule has 0 aliphatic rings. The molecule has 1 aromatic rings. The Morgan fingerprint density at radius 2 is 2.14 bits per heavy atom. The van der Waals surface area contributed by atoms with Crippen molar-refractivity contribution in [3.63, 3.8) is 0 Å². The summed E-state index contributed by atoms with van der Waals surface area (Å²) in [5.41, 5.74) is 1.23. The molecule has 1 rings (SSSR count). The van der Waals surface area contributed by atoms with Crippen LogP contribution in [0.1, 0.15) is 18.9 Å². The van der Waals surface area contributed by atoms with Crippen molar-refractivity contribution in [3.8, 4) is 0 Å². The van der Waals surface area contributed by atoms with E-state index in [-0.39, 0.29) is 5.91 Å². The molecule has 0 atom stereocenters. The number of amides is 1. The maximum Gasteiger partial charge on any atom is 0.219 e. The first kappa shape index (κ1) is 11.2. The van der Waals surface area contributed by atoms with Crippen molar-refractivity contribution in [1.29, 1.82) is 0 Å². The average molecular weight is 256 g/mol. The number of nitrogens with one attached hydrogen (secondary N) is 1. The highest BCUT2D eigenvalue weighted by Gasteiger charge is 1.99. The minimum absolute atomic E-state index is 0.108. The van der Waals surface area contributed by atoms with Crippen molar-refractivity contribution in [1.82, 2.24) is 5.32 Å². The predicted molar refractivity (Wildman–Crippen MR) is 61.1 cm³/mol. The Morgan fingerprint density at radius 3 is 2.79 bits per heavy atom. The van der Waals surface area contributed by atoms with Gasteiger partial charge in [0.05, 0.1) is 0 Å². The Morgan fingerprint density at radius 1 is 1.43 bits per heavy atom. The third-order valence-corrected chi connectivity index (χ3v) is 2.77. The van der Waals surface area contributed by atoms with Gasteiger partial charge in [0.15, 0.2) is 0 Å². The fourth-order valence-corrected chi connectivity index (χ4v) is 1.65. The van der Waals surface area contributed by atoms with Crippen LogP contribution in [0.15, 0.2) is 28.7 Å². The second kappa shape index (κ2) is 5.81. The Balaban J connectivity index is 2.39. The first-order valence-corrected chi connectivity index (χ1v) is 5.53. The monoisotopic (exact) mass is 255 g/mol. The molecule has 76 valence electrons. The van der Waals surface area contributed by atoms with Gasteiger partial charge in [-0.05, 0) is 18.1 Å². The number of carbonyl (C=O) groups excluding carboxylic acids is 1. The topological polar surface area (TPSA) is 29.1 Å².